The van der Waals surface area contributed by atoms with Gasteiger partial charge in [-0.3, -0.25) is 4.79 Å². The zero-order valence-electron chi connectivity index (χ0n) is 11.7. The lowest BCUT2D eigenvalue weighted by atomic mass is 10.2. The highest BCUT2D eigenvalue weighted by atomic mass is 35.5. The number of nitrogens with zero attached hydrogens (tertiary/aromatic N) is 3. The maximum Gasteiger partial charge on any atom is 0.221 e. The molecule has 19 heavy (non-hydrogen) atoms. The lowest BCUT2D eigenvalue weighted by Gasteiger charge is -2.13. The van der Waals surface area contributed by atoms with Gasteiger partial charge in [-0.15, -0.1) is 24.8 Å². The van der Waals surface area contributed by atoms with E-state index in [-0.39, 0.29) is 36.8 Å². The largest absolute Gasteiger partial charge is 0.350 e. The Labute approximate surface area is 126 Å². The first-order chi connectivity index (χ1) is 7.91. The van der Waals surface area contributed by atoms with Crippen LogP contribution in [0.5, 0.6) is 0 Å². The van der Waals surface area contributed by atoms with E-state index in [9.17, 15) is 4.79 Å². The molecule has 0 radical (unpaired) electrons. The van der Waals surface area contributed by atoms with Crippen LogP contribution in [0.1, 0.15) is 19.0 Å². The fraction of sp³-hybridized carbons (Fsp3) is 0.636. The van der Waals surface area contributed by atoms with Crippen LogP contribution in [-0.2, 0) is 18.4 Å². The van der Waals surface area contributed by atoms with E-state index in [1.807, 2.05) is 37.5 Å². The van der Waals surface area contributed by atoms with Gasteiger partial charge in [-0.1, -0.05) is 0 Å². The summed E-state index contributed by atoms with van der Waals surface area (Å²) in [6.07, 6.45) is 2.11. The lowest BCUT2D eigenvalue weighted by Crippen LogP contribution is -2.30. The predicted molar refractivity (Wildman–Crippen MR) is 82.1 cm³/mol. The van der Waals surface area contributed by atoms with E-state index in [0.29, 0.717) is 13.0 Å². The molecule has 3 N–H and O–H groups in total. The molecule has 0 aliphatic heterocycles. The van der Waals surface area contributed by atoms with E-state index in [2.05, 4.69) is 10.3 Å². The van der Waals surface area contributed by atoms with Gasteiger partial charge in [-0.2, -0.15) is 0 Å². The van der Waals surface area contributed by atoms with E-state index in [0.717, 1.165) is 11.6 Å². The number of nitrogens with one attached hydrogen (secondary N) is 1. The Kier molecular flexibility index (Phi) is 9.64. The maximum atomic E-state index is 11.4. The van der Waals surface area contributed by atoms with Gasteiger partial charge >= 0.3 is 0 Å². The molecule has 0 spiro atoms. The van der Waals surface area contributed by atoms with Gasteiger partial charge in [-0.25, -0.2) is 4.98 Å². The van der Waals surface area contributed by atoms with Crippen molar-refractivity contribution in [3.63, 3.8) is 0 Å². The van der Waals surface area contributed by atoms with Gasteiger partial charge in [-0.05, 0) is 6.92 Å². The molecule has 0 fully saturated rings. The van der Waals surface area contributed by atoms with Crippen LogP contribution in [0.25, 0.3) is 0 Å². The number of halogens is 2. The Bertz CT molecular complexity index is 392. The van der Waals surface area contributed by atoms with Crippen molar-refractivity contribution in [3.8, 4) is 0 Å². The van der Waals surface area contributed by atoms with Gasteiger partial charge in [0.25, 0.3) is 0 Å². The minimum Gasteiger partial charge on any atom is -0.350 e. The molecule has 0 aromatic carbocycles. The molecule has 0 saturated heterocycles. The molecule has 1 atom stereocenters. The molecule has 1 amide bonds. The molecular formula is C11H23Cl2N5O. The molecule has 8 heteroatoms. The predicted octanol–water partition coefficient (Wildman–Crippen LogP) is 0.683. The average Bonchev–Trinajstić information content (AvgIpc) is 2.55. The molecule has 1 aromatic rings. The standard InChI is InChI=1S/C11H21N5O.2ClH/c1-8(12)5-10(17)13-6-9-7-14-11(15(2)3)16(9)4;;/h7-8H,5-6,12H2,1-4H3,(H,13,17);2*1H. The number of nitrogens with two attached hydrogens (primary N) is 1. The van der Waals surface area contributed by atoms with Crippen LogP contribution >= 0.6 is 24.8 Å². The third-order valence-corrected chi connectivity index (χ3v) is 2.43. The van der Waals surface area contributed by atoms with Crippen LogP contribution in [0.3, 0.4) is 0 Å². The van der Waals surface area contributed by atoms with Crippen LogP contribution < -0.4 is 16.0 Å². The Hall–Kier alpha value is -0.980. The normalized spacial score (nSPS) is 11.0. The van der Waals surface area contributed by atoms with Crippen molar-refractivity contribution >= 4 is 36.7 Å². The summed E-state index contributed by atoms with van der Waals surface area (Å²) in [6.45, 7) is 2.29. The molecule has 0 bridgehead atoms. The SMILES string of the molecule is CC(N)CC(=O)NCc1cnc(N(C)C)n1C.Cl.Cl. The first-order valence-corrected chi connectivity index (χ1v) is 5.62. The van der Waals surface area contributed by atoms with Crippen molar-refractivity contribution in [3.05, 3.63) is 11.9 Å². The van der Waals surface area contributed by atoms with Crippen LogP contribution in [0.2, 0.25) is 0 Å². The van der Waals surface area contributed by atoms with Gasteiger partial charge in [0, 0.05) is 33.6 Å². The molecule has 1 aromatic heterocycles. The summed E-state index contributed by atoms with van der Waals surface area (Å²) < 4.78 is 1.95. The number of carbonyl (C=O) groups excluding carboxylic acids is 1. The third-order valence-electron chi connectivity index (χ3n) is 2.43. The molecule has 0 aliphatic rings. The van der Waals surface area contributed by atoms with Crippen molar-refractivity contribution in [1.29, 1.82) is 0 Å². The third kappa shape index (κ3) is 6.13. The average molecular weight is 312 g/mol. The molecular weight excluding hydrogens is 289 g/mol. The summed E-state index contributed by atoms with van der Waals surface area (Å²) in [6, 6.07) is -0.112. The number of imidazole rings is 1. The van der Waals surface area contributed by atoms with Gasteiger partial charge in [0.1, 0.15) is 0 Å². The lowest BCUT2D eigenvalue weighted by molar-refractivity contribution is -0.121. The van der Waals surface area contributed by atoms with Crippen molar-refractivity contribution in [2.24, 2.45) is 12.8 Å². The fourth-order valence-electron chi connectivity index (χ4n) is 1.57. The quantitative estimate of drug-likeness (QED) is 0.838. The molecule has 112 valence electrons. The molecule has 0 aliphatic carbocycles. The van der Waals surface area contributed by atoms with Crippen molar-refractivity contribution < 1.29 is 4.79 Å². The zero-order chi connectivity index (χ0) is 13.0. The molecule has 1 heterocycles. The van der Waals surface area contributed by atoms with Gasteiger partial charge < -0.3 is 20.5 Å². The van der Waals surface area contributed by atoms with Crippen LogP contribution in [0.4, 0.5) is 5.95 Å². The minimum atomic E-state index is -0.112. The van der Waals surface area contributed by atoms with Gasteiger partial charge in [0.05, 0.1) is 18.4 Å². The second-order valence-electron chi connectivity index (χ2n) is 4.46. The molecule has 1 unspecified atom stereocenters. The Morgan fingerprint density at radius 2 is 2.11 bits per heavy atom. The van der Waals surface area contributed by atoms with Crippen LogP contribution in [-0.4, -0.2) is 35.6 Å². The first-order valence-electron chi connectivity index (χ1n) is 5.62. The monoisotopic (exact) mass is 311 g/mol. The minimum absolute atomic E-state index is 0. The smallest absolute Gasteiger partial charge is 0.221 e. The van der Waals surface area contributed by atoms with E-state index < -0.39 is 0 Å². The summed E-state index contributed by atoms with van der Waals surface area (Å²) in [7, 11) is 5.79. The number of anilines is 1. The second-order valence-corrected chi connectivity index (χ2v) is 4.46. The number of hydrogen-bond acceptors (Lipinski definition) is 4. The number of rotatable bonds is 5. The number of amides is 1. The summed E-state index contributed by atoms with van der Waals surface area (Å²) >= 11 is 0. The van der Waals surface area contributed by atoms with E-state index in [1.54, 1.807) is 6.20 Å². The molecule has 6 nitrogen and oxygen atoms in total. The Morgan fingerprint density at radius 1 is 1.53 bits per heavy atom. The number of aromatic nitrogens is 2. The van der Waals surface area contributed by atoms with Gasteiger partial charge in [0.2, 0.25) is 11.9 Å². The van der Waals surface area contributed by atoms with E-state index in [1.165, 1.54) is 0 Å². The summed E-state index contributed by atoms with van der Waals surface area (Å²) in [5.41, 5.74) is 6.52. The van der Waals surface area contributed by atoms with E-state index in [4.69, 9.17) is 5.73 Å². The highest BCUT2D eigenvalue weighted by Gasteiger charge is 2.09. The van der Waals surface area contributed by atoms with Crippen molar-refractivity contribution in [2.45, 2.75) is 25.9 Å². The maximum absolute atomic E-state index is 11.4. The van der Waals surface area contributed by atoms with Crippen LogP contribution in [0, 0.1) is 0 Å². The molecule has 0 saturated carbocycles. The number of carbonyl (C=O) groups is 1. The van der Waals surface area contributed by atoms with Gasteiger partial charge in [0.15, 0.2) is 0 Å². The summed E-state index contributed by atoms with van der Waals surface area (Å²) in [4.78, 5) is 17.6. The highest BCUT2D eigenvalue weighted by molar-refractivity contribution is 5.85. The summed E-state index contributed by atoms with van der Waals surface area (Å²) in [5.74, 6) is 0.828. The number of hydrogen-bond donors (Lipinski definition) is 2. The van der Waals surface area contributed by atoms with Crippen LogP contribution in [0.15, 0.2) is 6.20 Å². The second kappa shape index (κ2) is 9.01. The highest BCUT2D eigenvalue weighted by Crippen LogP contribution is 2.10. The molecule has 1 rings (SSSR count). The fourth-order valence-corrected chi connectivity index (χ4v) is 1.57. The summed E-state index contributed by atoms with van der Waals surface area (Å²) in [5, 5.41) is 2.83. The zero-order valence-corrected chi connectivity index (χ0v) is 13.3. The van der Waals surface area contributed by atoms with Crippen molar-refractivity contribution in [1.82, 2.24) is 14.9 Å². The van der Waals surface area contributed by atoms with Crippen molar-refractivity contribution in [2.75, 3.05) is 19.0 Å². The first kappa shape index (κ1) is 20.3. The van der Waals surface area contributed by atoms with E-state index >= 15 is 0 Å². The Balaban J connectivity index is 0. The topological polar surface area (TPSA) is 76.2 Å². The Morgan fingerprint density at radius 3 is 2.53 bits per heavy atom.